The zero-order chi connectivity index (χ0) is 21.5. The molecular weight excluding hydrogens is 442 g/mol. The van der Waals surface area contributed by atoms with Crippen molar-refractivity contribution in [1.29, 1.82) is 0 Å². The van der Waals surface area contributed by atoms with E-state index in [4.69, 9.17) is 4.99 Å². The number of aromatic nitrogens is 1. The Hall–Kier alpha value is -2.60. The fraction of sp³-hybridized carbons (Fsp3) is 0.333. The van der Waals surface area contributed by atoms with Gasteiger partial charge in [0.2, 0.25) is 5.91 Å². The Morgan fingerprint density at radius 3 is 2.53 bits per heavy atom. The fourth-order valence-corrected chi connectivity index (χ4v) is 4.72. The van der Waals surface area contributed by atoms with Crippen LogP contribution in [0.5, 0.6) is 0 Å². The zero-order valence-corrected chi connectivity index (χ0v) is 18.9. The number of nitrogens with zero attached hydrogens (tertiary/aromatic N) is 2. The minimum absolute atomic E-state index is 0.0843. The summed E-state index contributed by atoms with van der Waals surface area (Å²) in [6.45, 7) is 6.06. The number of carbonyl (C=O) groups excluding carboxylic acids is 2. The highest BCUT2D eigenvalue weighted by Crippen LogP contribution is 2.47. The van der Waals surface area contributed by atoms with Crippen LogP contribution in [0.2, 0.25) is 0 Å². The molecule has 1 aromatic heterocycles. The number of halogens is 1. The second kappa shape index (κ2) is 7.91. The van der Waals surface area contributed by atoms with E-state index in [9.17, 15) is 9.59 Å². The number of pyridine rings is 1. The molecule has 0 saturated carbocycles. The van der Waals surface area contributed by atoms with E-state index >= 15 is 0 Å². The van der Waals surface area contributed by atoms with E-state index in [1.54, 1.807) is 18.3 Å². The molecule has 1 amide bonds. The molecule has 2 atom stereocenters. The van der Waals surface area contributed by atoms with Gasteiger partial charge >= 0.3 is 0 Å². The Morgan fingerprint density at radius 1 is 1.13 bits per heavy atom. The molecule has 30 heavy (non-hydrogen) atoms. The first-order chi connectivity index (χ1) is 14.2. The molecule has 1 aromatic carbocycles. The maximum Gasteiger partial charge on any atom is 0.235 e. The molecule has 2 aliphatic rings. The second-order valence-corrected chi connectivity index (χ2v) is 9.68. The number of anilines is 1. The molecular formula is C24H24BrN3O2. The third-order valence-corrected chi connectivity index (χ3v) is 6.26. The van der Waals surface area contributed by atoms with Crippen molar-refractivity contribution in [3.05, 3.63) is 70.0 Å². The second-order valence-electron chi connectivity index (χ2n) is 8.77. The van der Waals surface area contributed by atoms with Gasteiger partial charge in [0, 0.05) is 40.0 Å². The molecule has 0 fully saturated rings. The number of hydrogen-bond donors (Lipinski definition) is 1. The zero-order valence-electron chi connectivity index (χ0n) is 17.3. The lowest BCUT2D eigenvalue weighted by Gasteiger charge is -2.39. The first kappa shape index (κ1) is 20.7. The number of ketones is 1. The van der Waals surface area contributed by atoms with Crippen molar-refractivity contribution >= 4 is 39.1 Å². The van der Waals surface area contributed by atoms with Crippen LogP contribution in [0.4, 0.5) is 5.82 Å². The Labute approximate surface area is 184 Å². The standard InChI is InChI=1S/C24H24BrN3O2/c1-14-20(23(30)28-19-6-4-5-11-26-19)21(15-7-9-16(25)10-8-15)22-17(27-14)12-24(2,3)13-18(22)29/h4-11,20-21H,12-13H2,1-3H3,(H,26,28,30)/t20?,21-/m1/s1. The first-order valence-corrected chi connectivity index (χ1v) is 10.8. The number of nitrogens with one attached hydrogen (secondary N) is 1. The van der Waals surface area contributed by atoms with Gasteiger partial charge in [-0.15, -0.1) is 0 Å². The van der Waals surface area contributed by atoms with Gasteiger partial charge in [-0.1, -0.05) is 48.0 Å². The molecule has 1 aliphatic carbocycles. The van der Waals surface area contributed by atoms with Gasteiger partial charge in [0.05, 0.1) is 5.92 Å². The summed E-state index contributed by atoms with van der Waals surface area (Å²) >= 11 is 3.48. The van der Waals surface area contributed by atoms with Gasteiger partial charge in [-0.2, -0.15) is 0 Å². The molecule has 154 valence electrons. The predicted octanol–water partition coefficient (Wildman–Crippen LogP) is 5.30. The normalized spacial score (nSPS) is 22.9. The average molecular weight is 466 g/mol. The minimum Gasteiger partial charge on any atom is -0.310 e. The third kappa shape index (κ3) is 4.01. The van der Waals surface area contributed by atoms with Crippen LogP contribution in [0, 0.1) is 11.3 Å². The summed E-state index contributed by atoms with van der Waals surface area (Å²) < 4.78 is 0.951. The van der Waals surface area contributed by atoms with Gasteiger partial charge < -0.3 is 5.32 Å². The lowest BCUT2D eigenvalue weighted by atomic mass is 9.66. The molecule has 1 aliphatic heterocycles. The van der Waals surface area contributed by atoms with E-state index in [1.165, 1.54) is 0 Å². The van der Waals surface area contributed by atoms with Crippen LogP contribution in [-0.4, -0.2) is 22.4 Å². The fourth-order valence-electron chi connectivity index (χ4n) is 4.46. The highest BCUT2D eigenvalue weighted by atomic mass is 79.9. The Kier molecular flexibility index (Phi) is 5.45. The highest BCUT2D eigenvalue weighted by Gasteiger charge is 2.45. The van der Waals surface area contributed by atoms with Crippen LogP contribution in [-0.2, 0) is 9.59 Å². The molecule has 1 unspecified atom stereocenters. The summed E-state index contributed by atoms with van der Waals surface area (Å²) in [6, 6.07) is 13.2. The van der Waals surface area contributed by atoms with Crippen molar-refractivity contribution in [2.75, 3.05) is 5.32 Å². The van der Waals surface area contributed by atoms with Crippen LogP contribution in [0.3, 0.4) is 0 Å². The van der Waals surface area contributed by atoms with Crippen molar-refractivity contribution in [3.8, 4) is 0 Å². The number of rotatable bonds is 3. The van der Waals surface area contributed by atoms with Gasteiger partial charge in [0.15, 0.2) is 5.78 Å². The van der Waals surface area contributed by atoms with E-state index in [-0.39, 0.29) is 23.0 Å². The summed E-state index contributed by atoms with van der Waals surface area (Å²) in [5.41, 5.74) is 3.04. The lowest BCUT2D eigenvalue weighted by Crippen LogP contribution is -2.41. The molecule has 1 N–H and O–H groups in total. The summed E-state index contributed by atoms with van der Waals surface area (Å²) in [6.07, 6.45) is 2.83. The van der Waals surface area contributed by atoms with Gasteiger partial charge in [-0.3, -0.25) is 14.6 Å². The SMILES string of the molecule is CC1=NC2=C(C(=O)CC(C)(C)C2)[C@H](c2ccc(Br)cc2)C1C(=O)Nc1ccccn1. The summed E-state index contributed by atoms with van der Waals surface area (Å²) in [4.78, 5) is 35.6. The van der Waals surface area contributed by atoms with Gasteiger partial charge in [0.1, 0.15) is 5.82 Å². The number of amides is 1. The third-order valence-electron chi connectivity index (χ3n) is 5.73. The van der Waals surface area contributed by atoms with E-state index < -0.39 is 5.92 Å². The van der Waals surface area contributed by atoms with Gasteiger partial charge in [-0.05, 0) is 48.6 Å². The van der Waals surface area contributed by atoms with E-state index in [1.807, 2.05) is 37.3 Å². The summed E-state index contributed by atoms with van der Waals surface area (Å²) in [7, 11) is 0. The Balaban J connectivity index is 1.80. The van der Waals surface area contributed by atoms with Crippen molar-refractivity contribution in [3.63, 3.8) is 0 Å². The minimum atomic E-state index is -0.572. The number of hydrogen-bond acceptors (Lipinski definition) is 4. The predicted molar refractivity (Wildman–Crippen MR) is 121 cm³/mol. The average Bonchev–Trinajstić information content (AvgIpc) is 2.67. The van der Waals surface area contributed by atoms with Crippen LogP contribution in [0.25, 0.3) is 0 Å². The molecule has 6 heteroatoms. The maximum absolute atomic E-state index is 13.4. The van der Waals surface area contributed by atoms with Crippen LogP contribution in [0.15, 0.2) is 69.4 Å². The molecule has 0 spiro atoms. The van der Waals surface area contributed by atoms with Crippen molar-refractivity contribution in [1.82, 2.24) is 4.98 Å². The summed E-state index contributed by atoms with van der Waals surface area (Å²) in [5.74, 6) is -0.566. The van der Waals surface area contributed by atoms with Gasteiger partial charge in [-0.25, -0.2) is 4.98 Å². The molecule has 2 aromatic rings. The van der Waals surface area contributed by atoms with Gasteiger partial charge in [0.25, 0.3) is 0 Å². The molecule has 0 saturated heterocycles. The smallest absolute Gasteiger partial charge is 0.235 e. The van der Waals surface area contributed by atoms with Crippen molar-refractivity contribution in [2.24, 2.45) is 16.3 Å². The van der Waals surface area contributed by atoms with Crippen LogP contribution < -0.4 is 5.32 Å². The number of benzene rings is 1. The molecule has 2 heterocycles. The molecule has 0 bridgehead atoms. The van der Waals surface area contributed by atoms with Crippen molar-refractivity contribution < 1.29 is 9.59 Å². The molecule has 0 radical (unpaired) electrons. The highest BCUT2D eigenvalue weighted by molar-refractivity contribution is 9.10. The first-order valence-electron chi connectivity index (χ1n) is 10.0. The Bertz CT molecular complexity index is 1060. The largest absolute Gasteiger partial charge is 0.310 e. The topological polar surface area (TPSA) is 71.4 Å². The van der Waals surface area contributed by atoms with Crippen molar-refractivity contribution in [2.45, 2.75) is 39.5 Å². The van der Waals surface area contributed by atoms with E-state index in [0.29, 0.717) is 17.8 Å². The summed E-state index contributed by atoms with van der Waals surface area (Å²) in [5, 5.41) is 2.91. The number of allylic oxidation sites excluding steroid dienone is 2. The van der Waals surface area contributed by atoms with Crippen LogP contribution >= 0.6 is 15.9 Å². The number of aliphatic imine (C=N–C) groups is 1. The monoisotopic (exact) mass is 465 g/mol. The quantitative estimate of drug-likeness (QED) is 0.668. The van der Waals surface area contributed by atoms with E-state index in [2.05, 4.69) is 40.1 Å². The maximum atomic E-state index is 13.4. The number of carbonyl (C=O) groups is 2. The van der Waals surface area contributed by atoms with E-state index in [0.717, 1.165) is 27.9 Å². The van der Waals surface area contributed by atoms with Crippen LogP contribution in [0.1, 0.15) is 45.1 Å². The lowest BCUT2D eigenvalue weighted by molar-refractivity contribution is -0.119. The Morgan fingerprint density at radius 2 is 1.87 bits per heavy atom. The molecule has 4 rings (SSSR count). The number of Topliss-reactive ketones (excluding diaryl/α,β-unsaturated/α-hetero) is 1. The molecule has 5 nitrogen and oxygen atoms in total.